The van der Waals surface area contributed by atoms with Gasteiger partial charge in [-0.1, -0.05) is 12.1 Å². The van der Waals surface area contributed by atoms with E-state index in [0.717, 1.165) is 18.5 Å². The molecular formula is C17H20N4O2. The van der Waals surface area contributed by atoms with Gasteiger partial charge in [0.15, 0.2) is 0 Å². The van der Waals surface area contributed by atoms with Crippen molar-refractivity contribution in [3.05, 3.63) is 35.4 Å². The Morgan fingerprint density at radius 1 is 1.35 bits per heavy atom. The summed E-state index contributed by atoms with van der Waals surface area (Å²) in [6.45, 7) is 4.06. The number of rotatable bonds is 3. The minimum atomic E-state index is -0.0447. The molecule has 0 unspecified atom stereocenters. The zero-order valence-electron chi connectivity index (χ0n) is 13.2. The van der Waals surface area contributed by atoms with Gasteiger partial charge < -0.3 is 10.2 Å². The molecule has 1 N–H and O–H groups in total. The van der Waals surface area contributed by atoms with Crippen LogP contribution < -0.4 is 5.32 Å². The third kappa shape index (κ3) is 3.51. The Bertz CT molecular complexity index is 650. The van der Waals surface area contributed by atoms with E-state index in [1.165, 1.54) is 6.92 Å². The maximum Gasteiger partial charge on any atom is 0.237 e. The summed E-state index contributed by atoms with van der Waals surface area (Å²) in [6.07, 6.45) is 0.815. The molecule has 1 aromatic rings. The zero-order chi connectivity index (χ0) is 16.4. The number of carbonyl (C=O) groups is 2. The van der Waals surface area contributed by atoms with Gasteiger partial charge in [0.05, 0.1) is 18.2 Å². The lowest BCUT2D eigenvalue weighted by atomic mass is 10.1. The van der Waals surface area contributed by atoms with Crippen molar-refractivity contribution >= 4 is 11.8 Å². The van der Waals surface area contributed by atoms with Crippen LogP contribution in [-0.2, 0) is 16.1 Å². The van der Waals surface area contributed by atoms with Gasteiger partial charge in [0.1, 0.15) is 0 Å². The highest BCUT2D eigenvalue weighted by Crippen LogP contribution is 2.24. The molecule has 2 saturated heterocycles. The molecule has 0 aliphatic carbocycles. The monoisotopic (exact) mass is 312 g/mol. The van der Waals surface area contributed by atoms with Gasteiger partial charge in [-0.3, -0.25) is 14.5 Å². The first-order valence-electron chi connectivity index (χ1n) is 7.83. The van der Waals surface area contributed by atoms with Crippen LogP contribution in [0, 0.1) is 11.3 Å². The summed E-state index contributed by atoms with van der Waals surface area (Å²) >= 11 is 0. The highest BCUT2D eigenvalue weighted by molar-refractivity contribution is 5.80. The van der Waals surface area contributed by atoms with Crippen molar-refractivity contribution in [3.63, 3.8) is 0 Å². The first kappa shape index (κ1) is 15.5. The molecule has 0 radical (unpaired) electrons. The second kappa shape index (κ2) is 6.39. The summed E-state index contributed by atoms with van der Waals surface area (Å²) in [7, 11) is 0. The second-order valence-corrected chi connectivity index (χ2v) is 6.31. The van der Waals surface area contributed by atoms with Crippen molar-refractivity contribution in [2.24, 2.45) is 0 Å². The fourth-order valence-electron chi connectivity index (χ4n) is 3.50. The summed E-state index contributed by atoms with van der Waals surface area (Å²) in [5.41, 5.74) is 1.74. The fraction of sp³-hybridized carbons (Fsp3) is 0.471. The summed E-state index contributed by atoms with van der Waals surface area (Å²) in [5, 5.41) is 11.7. The molecule has 6 heteroatoms. The summed E-state index contributed by atoms with van der Waals surface area (Å²) in [4.78, 5) is 27.6. The number of nitrogens with zero attached hydrogens (tertiary/aromatic N) is 3. The Kier molecular flexibility index (Phi) is 4.30. The lowest BCUT2D eigenvalue weighted by Gasteiger charge is -2.36. The lowest BCUT2D eigenvalue weighted by Crippen LogP contribution is -2.53. The smallest absolute Gasteiger partial charge is 0.237 e. The lowest BCUT2D eigenvalue weighted by molar-refractivity contribution is -0.138. The van der Waals surface area contributed by atoms with Gasteiger partial charge in [-0.15, -0.1) is 0 Å². The predicted octanol–water partition coefficient (Wildman–Crippen LogP) is 0.479. The number of nitrogens with one attached hydrogen (secondary N) is 1. The van der Waals surface area contributed by atoms with E-state index in [1.54, 1.807) is 12.1 Å². The van der Waals surface area contributed by atoms with E-state index in [1.807, 2.05) is 17.0 Å². The van der Waals surface area contributed by atoms with Crippen molar-refractivity contribution in [2.75, 3.05) is 19.6 Å². The molecule has 0 bridgehead atoms. The van der Waals surface area contributed by atoms with Gasteiger partial charge in [-0.05, 0) is 24.1 Å². The van der Waals surface area contributed by atoms with Crippen LogP contribution in [0.2, 0.25) is 0 Å². The van der Waals surface area contributed by atoms with Crippen molar-refractivity contribution in [1.29, 1.82) is 5.26 Å². The molecule has 0 aromatic heterocycles. The van der Waals surface area contributed by atoms with Crippen molar-refractivity contribution in [2.45, 2.75) is 32.0 Å². The minimum Gasteiger partial charge on any atom is -0.352 e. The Hall–Kier alpha value is -2.39. The van der Waals surface area contributed by atoms with Crippen molar-refractivity contribution in [3.8, 4) is 6.07 Å². The van der Waals surface area contributed by atoms with E-state index < -0.39 is 0 Å². The van der Waals surface area contributed by atoms with E-state index in [-0.39, 0.29) is 23.9 Å². The average molecular weight is 312 g/mol. The molecule has 23 heavy (non-hydrogen) atoms. The number of piperazine rings is 1. The summed E-state index contributed by atoms with van der Waals surface area (Å²) in [5.74, 6) is 0.0829. The molecule has 2 atom stereocenters. The van der Waals surface area contributed by atoms with Crippen LogP contribution in [0.25, 0.3) is 0 Å². The number of nitriles is 1. The number of benzene rings is 1. The maximum atomic E-state index is 12.3. The van der Waals surface area contributed by atoms with E-state index in [4.69, 9.17) is 5.26 Å². The van der Waals surface area contributed by atoms with Crippen LogP contribution in [-0.4, -0.2) is 53.3 Å². The highest BCUT2D eigenvalue weighted by atomic mass is 16.2. The third-order valence-corrected chi connectivity index (χ3v) is 4.46. The Morgan fingerprint density at radius 2 is 2.09 bits per heavy atom. The van der Waals surface area contributed by atoms with Gasteiger partial charge in [0.2, 0.25) is 11.8 Å². The van der Waals surface area contributed by atoms with Crippen LogP contribution in [0.5, 0.6) is 0 Å². The fourth-order valence-corrected chi connectivity index (χ4v) is 3.50. The van der Waals surface area contributed by atoms with E-state index in [9.17, 15) is 9.59 Å². The molecular weight excluding hydrogens is 292 g/mol. The first-order valence-corrected chi connectivity index (χ1v) is 7.83. The number of fused-ring (bicyclic) bond motifs is 1. The molecule has 2 fully saturated rings. The summed E-state index contributed by atoms with van der Waals surface area (Å²) in [6, 6.07) is 9.82. The average Bonchev–Trinajstić information content (AvgIpc) is 2.90. The van der Waals surface area contributed by atoms with E-state index in [2.05, 4.69) is 16.3 Å². The van der Waals surface area contributed by atoms with E-state index >= 15 is 0 Å². The molecule has 2 heterocycles. The van der Waals surface area contributed by atoms with Crippen molar-refractivity contribution < 1.29 is 9.59 Å². The third-order valence-electron chi connectivity index (χ3n) is 4.46. The Morgan fingerprint density at radius 3 is 2.74 bits per heavy atom. The van der Waals surface area contributed by atoms with Gasteiger partial charge in [0, 0.05) is 38.6 Å². The number of hydrogen-bond acceptors (Lipinski definition) is 4. The number of hydrogen-bond donors (Lipinski definition) is 1. The first-order chi connectivity index (χ1) is 11.0. The Labute approximate surface area is 135 Å². The Balaban J connectivity index is 1.62. The molecule has 2 aliphatic rings. The molecule has 2 aliphatic heterocycles. The normalized spacial score (nSPS) is 24.2. The minimum absolute atomic E-state index is 0.0447. The highest BCUT2D eigenvalue weighted by Gasteiger charge is 2.40. The molecule has 0 saturated carbocycles. The SMILES string of the molecule is CC(=O)N[C@H]1C[C@H]2CN(Cc3ccc(C#N)cc3)CC(=O)N2C1. The number of amides is 2. The van der Waals surface area contributed by atoms with Crippen LogP contribution in [0.4, 0.5) is 0 Å². The van der Waals surface area contributed by atoms with E-state index in [0.29, 0.717) is 25.2 Å². The summed E-state index contributed by atoms with van der Waals surface area (Å²) < 4.78 is 0. The molecule has 3 rings (SSSR count). The van der Waals surface area contributed by atoms with Gasteiger partial charge in [0.25, 0.3) is 0 Å². The predicted molar refractivity (Wildman–Crippen MR) is 84.2 cm³/mol. The second-order valence-electron chi connectivity index (χ2n) is 6.31. The largest absolute Gasteiger partial charge is 0.352 e. The molecule has 2 amide bonds. The molecule has 0 spiro atoms. The molecule has 1 aromatic carbocycles. The maximum absolute atomic E-state index is 12.3. The quantitative estimate of drug-likeness (QED) is 0.881. The van der Waals surface area contributed by atoms with Gasteiger partial charge >= 0.3 is 0 Å². The molecule has 6 nitrogen and oxygen atoms in total. The van der Waals surface area contributed by atoms with Crippen LogP contribution in [0.3, 0.4) is 0 Å². The van der Waals surface area contributed by atoms with Crippen LogP contribution in [0.1, 0.15) is 24.5 Å². The zero-order valence-corrected chi connectivity index (χ0v) is 13.2. The number of carbonyl (C=O) groups excluding carboxylic acids is 2. The van der Waals surface area contributed by atoms with Gasteiger partial charge in [-0.2, -0.15) is 5.26 Å². The standard InChI is InChI=1S/C17H20N4O2/c1-12(22)19-15-6-16-10-20(11-17(23)21(16)9-15)8-14-4-2-13(7-18)3-5-14/h2-5,15-16H,6,8-11H2,1H3,(H,19,22)/t15-,16-/m0/s1. The van der Waals surface area contributed by atoms with Crippen LogP contribution >= 0.6 is 0 Å². The topological polar surface area (TPSA) is 76.4 Å². The van der Waals surface area contributed by atoms with Crippen LogP contribution in [0.15, 0.2) is 24.3 Å². The van der Waals surface area contributed by atoms with Gasteiger partial charge in [-0.25, -0.2) is 0 Å². The molecule has 120 valence electrons. The van der Waals surface area contributed by atoms with Crippen molar-refractivity contribution in [1.82, 2.24) is 15.1 Å².